The predicted molar refractivity (Wildman–Crippen MR) is 76.6 cm³/mol. The Morgan fingerprint density at radius 2 is 1.95 bits per heavy atom. The lowest BCUT2D eigenvalue weighted by Crippen LogP contribution is -2.37. The molecule has 0 spiro atoms. The molecule has 20 heavy (non-hydrogen) atoms. The zero-order chi connectivity index (χ0) is 14.8. The highest BCUT2D eigenvalue weighted by Gasteiger charge is 2.01. The van der Waals surface area contributed by atoms with Gasteiger partial charge in [0.25, 0.3) is 5.91 Å². The summed E-state index contributed by atoms with van der Waals surface area (Å²) >= 11 is 0. The smallest absolute Gasteiger partial charge is 0.276 e. The molecule has 0 heterocycles. The maximum atomic E-state index is 11.5. The Morgan fingerprint density at radius 3 is 2.50 bits per heavy atom. The summed E-state index contributed by atoms with van der Waals surface area (Å²) in [6.45, 7) is 4.04. The largest absolute Gasteiger partial charge is 0.484 e. The van der Waals surface area contributed by atoms with Gasteiger partial charge in [-0.05, 0) is 37.1 Å². The first-order valence-corrected chi connectivity index (χ1v) is 6.54. The number of benzene rings is 1. The molecule has 5 heteroatoms. The maximum Gasteiger partial charge on any atom is 0.276 e. The van der Waals surface area contributed by atoms with Gasteiger partial charge < -0.3 is 10.2 Å². The number of ether oxygens (including phenoxy) is 1. The molecule has 0 aliphatic heterocycles. The van der Waals surface area contributed by atoms with Crippen LogP contribution in [0.5, 0.6) is 5.75 Å². The van der Waals surface area contributed by atoms with E-state index in [4.69, 9.17) is 10.00 Å². The Labute approximate surface area is 119 Å². The van der Waals surface area contributed by atoms with Gasteiger partial charge in [-0.2, -0.15) is 5.26 Å². The van der Waals surface area contributed by atoms with Crippen LogP contribution in [0.25, 0.3) is 0 Å². The summed E-state index contributed by atoms with van der Waals surface area (Å²) in [6.07, 6.45) is 3.68. The Bertz CT molecular complexity index is 495. The molecule has 0 aliphatic rings. The fourth-order valence-corrected chi connectivity index (χ4v) is 1.48. The van der Waals surface area contributed by atoms with Gasteiger partial charge >= 0.3 is 0 Å². The molecule has 0 saturated heterocycles. The maximum absolute atomic E-state index is 11.5. The summed E-state index contributed by atoms with van der Waals surface area (Å²) in [7, 11) is 0. The molecule has 2 N–H and O–H groups in total. The SMILES string of the molecule is CCC(=CNNC(=O)COc1ccc(C#N)cc1)CC. The first-order valence-electron chi connectivity index (χ1n) is 6.54. The Hall–Kier alpha value is -2.48. The van der Waals surface area contributed by atoms with Crippen molar-refractivity contribution in [3.05, 3.63) is 41.6 Å². The van der Waals surface area contributed by atoms with Gasteiger partial charge in [0.2, 0.25) is 0 Å². The number of carbonyl (C=O) groups excluding carboxylic acids is 1. The number of hydrogen-bond acceptors (Lipinski definition) is 4. The molecule has 1 amide bonds. The lowest BCUT2D eigenvalue weighted by molar-refractivity contribution is -0.123. The highest BCUT2D eigenvalue weighted by atomic mass is 16.5. The van der Waals surface area contributed by atoms with Crippen molar-refractivity contribution in [2.75, 3.05) is 6.61 Å². The number of hydrogen-bond donors (Lipinski definition) is 2. The van der Waals surface area contributed by atoms with E-state index in [1.54, 1.807) is 30.5 Å². The Kier molecular flexibility index (Phi) is 6.69. The van der Waals surface area contributed by atoms with E-state index in [-0.39, 0.29) is 12.5 Å². The van der Waals surface area contributed by atoms with Crippen LogP contribution >= 0.6 is 0 Å². The van der Waals surface area contributed by atoms with E-state index in [9.17, 15) is 4.79 Å². The highest BCUT2D eigenvalue weighted by molar-refractivity contribution is 5.77. The van der Waals surface area contributed by atoms with E-state index in [0.29, 0.717) is 11.3 Å². The first kappa shape index (κ1) is 15.6. The molecule has 1 aromatic rings. The van der Waals surface area contributed by atoms with Crippen molar-refractivity contribution in [1.82, 2.24) is 10.9 Å². The number of nitrogens with zero attached hydrogens (tertiary/aromatic N) is 1. The number of nitrogens with one attached hydrogen (secondary N) is 2. The van der Waals surface area contributed by atoms with E-state index in [0.717, 1.165) is 12.8 Å². The van der Waals surface area contributed by atoms with Crippen LogP contribution in [0.15, 0.2) is 36.0 Å². The standard InChI is InChI=1S/C15H19N3O2/c1-3-12(4-2)10-17-18-15(19)11-20-14-7-5-13(9-16)6-8-14/h5-8,10,17H,3-4,11H2,1-2H3,(H,18,19). The summed E-state index contributed by atoms with van der Waals surface area (Å²) in [6, 6.07) is 8.62. The fraction of sp³-hybridized carbons (Fsp3) is 0.333. The van der Waals surface area contributed by atoms with Crippen molar-refractivity contribution >= 4 is 5.91 Å². The summed E-state index contributed by atoms with van der Waals surface area (Å²) in [4.78, 5) is 11.5. The fourth-order valence-electron chi connectivity index (χ4n) is 1.48. The average molecular weight is 273 g/mol. The summed E-state index contributed by atoms with van der Waals surface area (Å²) < 4.78 is 5.30. The molecule has 0 aromatic heterocycles. The van der Waals surface area contributed by atoms with E-state index < -0.39 is 0 Å². The van der Waals surface area contributed by atoms with Crippen molar-refractivity contribution in [3.8, 4) is 11.8 Å². The van der Waals surface area contributed by atoms with E-state index in [2.05, 4.69) is 24.7 Å². The molecule has 0 unspecified atom stereocenters. The van der Waals surface area contributed by atoms with Gasteiger partial charge in [-0.1, -0.05) is 19.4 Å². The third-order valence-corrected chi connectivity index (χ3v) is 2.75. The summed E-state index contributed by atoms with van der Waals surface area (Å²) in [5, 5.41) is 8.66. The molecule has 0 atom stereocenters. The number of carbonyl (C=O) groups is 1. The third-order valence-electron chi connectivity index (χ3n) is 2.75. The first-order chi connectivity index (χ1) is 9.69. The third kappa shape index (κ3) is 5.44. The second-order valence-corrected chi connectivity index (χ2v) is 4.13. The number of rotatable bonds is 7. The van der Waals surface area contributed by atoms with E-state index in [1.807, 2.05) is 6.07 Å². The van der Waals surface area contributed by atoms with Gasteiger partial charge in [0.1, 0.15) is 5.75 Å². The van der Waals surface area contributed by atoms with E-state index in [1.165, 1.54) is 5.57 Å². The minimum Gasteiger partial charge on any atom is -0.484 e. The molecule has 5 nitrogen and oxygen atoms in total. The van der Waals surface area contributed by atoms with Crippen LogP contribution in [0.3, 0.4) is 0 Å². The van der Waals surface area contributed by atoms with Crippen molar-refractivity contribution < 1.29 is 9.53 Å². The molecule has 0 radical (unpaired) electrons. The van der Waals surface area contributed by atoms with Crippen molar-refractivity contribution in [2.24, 2.45) is 0 Å². The van der Waals surface area contributed by atoms with Gasteiger partial charge in [-0.25, -0.2) is 0 Å². The molecule has 0 aliphatic carbocycles. The van der Waals surface area contributed by atoms with Crippen LogP contribution in [0.2, 0.25) is 0 Å². The molecule has 1 aromatic carbocycles. The Balaban J connectivity index is 2.32. The lowest BCUT2D eigenvalue weighted by Gasteiger charge is -2.08. The van der Waals surface area contributed by atoms with Crippen LogP contribution in [-0.4, -0.2) is 12.5 Å². The van der Waals surface area contributed by atoms with Gasteiger partial charge in [0, 0.05) is 6.20 Å². The van der Waals surface area contributed by atoms with Crippen LogP contribution < -0.4 is 15.6 Å². The number of allylic oxidation sites excluding steroid dienone is 1. The number of nitriles is 1. The van der Waals surface area contributed by atoms with Crippen molar-refractivity contribution in [1.29, 1.82) is 5.26 Å². The van der Waals surface area contributed by atoms with Crippen LogP contribution in [-0.2, 0) is 4.79 Å². The zero-order valence-electron chi connectivity index (χ0n) is 11.8. The Morgan fingerprint density at radius 1 is 1.30 bits per heavy atom. The van der Waals surface area contributed by atoms with Crippen molar-refractivity contribution in [2.45, 2.75) is 26.7 Å². The van der Waals surface area contributed by atoms with E-state index >= 15 is 0 Å². The molecule has 0 saturated carbocycles. The monoisotopic (exact) mass is 273 g/mol. The topological polar surface area (TPSA) is 74.2 Å². The summed E-state index contributed by atoms with van der Waals surface area (Å²) in [5.41, 5.74) is 7.07. The van der Waals surface area contributed by atoms with Crippen LogP contribution in [0.4, 0.5) is 0 Å². The molecule has 1 rings (SSSR count). The second-order valence-electron chi connectivity index (χ2n) is 4.13. The average Bonchev–Trinajstić information content (AvgIpc) is 2.50. The number of hydrazine groups is 1. The minimum absolute atomic E-state index is 0.0830. The second kappa shape index (κ2) is 8.59. The van der Waals surface area contributed by atoms with Crippen molar-refractivity contribution in [3.63, 3.8) is 0 Å². The van der Waals surface area contributed by atoms with Gasteiger partial charge in [-0.15, -0.1) is 0 Å². The predicted octanol–water partition coefficient (Wildman–Crippen LogP) is 2.26. The van der Waals surface area contributed by atoms with Gasteiger partial charge in [0.15, 0.2) is 6.61 Å². The highest BCUT2D eigenvalue weighted by Crippen LogP contribution is 2.11. The lowest BCUT2D eigenvalue weighted by atomic mass is 10.2. The molecule has 0 fully saturated rings. The van der Waals surface area contributed by atoms with Gasteiger partial charge in [0.05, 0.1) is 11.6 Å². The molecular weight excluding hydrogens is 254 g/mol. The number of amides is 1. The molecular formula is C15H19N3O2. The molecule has 106 valence electrons. The van der Waals surface area contributed by atoms with Gasteiger partial charge in [-0.3, -0.25) is 10.2 Å². The zero-order valence-corrected chi connectivity index (χ0v) is 11.8. The minimum atomic E-state index is -0.267. The summed E-state index contributed by atoms with van der Waals surface area (Å²) in [5.74, 6) is 0.287. The van der Waals surface area contributed by atoms with Crippen LogP contribution in [0, 0.1) is 11.3 Å². The van der Waals surface area contributed by atoms with Crippen LogP contribution in [0.1, 0.15) is 32.3 Å². The molecule has 0 bridgehead atoms. The normalized spacial score (nSPS) is 9.25. The quantitative estimate of drug-likeness (QED) is 0.747.